The van der Waals surface area contributed by atoms with E-state index in [9.17, 15) is 13.2 Å². The van der Waals surface area contributed by atoms with E-state index < -0.39 is 9.84 Å². The van der Waals surface area contributed by atoms with Gasteiger partial charge < -0.3 is 5.32 Å². The van der Waals surface area contributed by atoms with Crippen molar-refractivity contribution in [2.75, 3.05) is 11.6 Å². The van der Waals surface area contributed by atoms with Gasteiger partial charge in [0.1, 0.15) is 0 Å². The number of anilines is 1. The first-order valence-corrected chi connectivity index (χ1v) is 9.94. The van der Waals surface area contributed by atoms with Crippen molar-refractivity contribution >= 4 is 33.0 Å². The molecule has 1 heterocycles. The maximum absolute atomic E-state index is 12.5. The van der Waals surface area contributed by atoms with Crippen molar-refractivity contribution < 1.29 is 13.2 Å². The van der Waals surface area contributed by atoms with E-state index in [4.69, 9.17) is 11.6 Å². The monoisotopic (exact) mass is 386 g/mol. The highest BCUT2D eigenvalue weighted by Crippen LogP contribution is 2.26. The van der Waals surface area contributed by atoms with E-state index in [0.29, 0.717) is 11.3 Å². The van der Waals surface area contributed by atoms with Crippen LogP contribution in [0.4, 0.5) is 5.69 Å². The van der Waals surface area contributed by atoms with Gasteiger partial charge in [-0.2, -0.15) is 0 Å². The first-order chi connectivity index (χ1) is 12.3. The summed E-state index contributed by atoms with van der Waals surface area (Å²) in [4.78, 5) is 16.9. The second-order valence-corrected chi connectivity index (χ2v) is 8.09. The van der Waals surface area contributed by atoms with E-state index in [2.05, 4.69) is 10.3 Å². The summed E-state index contributed by atoms with van der Waals surface area (Å²) in [6, 6.07) is 16.8. The molecule has 5 nitrogen and oxygen atoms in total. The van der Waals surface area contributed by atoms with Gasteiger partial charge in [-0.25, -0.2) is 8.42 Å². The number of hydrogen-bond donors (Lipinski definition) is 1. The quantitative estimate of drug-likeness (QED) is 0.733. The molecule has 0 saturated heterocycles. The zero-order valence-electron chi connectivity index (χ0n) is 13.8. The molecule has 0 aliphatic carbocycles. The summed E-state index contributed by atoms with van der Waals surface area (Å²) in [6.45, 7) is 0. The Morgan fingerprint density at radius 3 is 2.50 bits per heavy atom. The summed E-state index contributed by atoms with van der Waals surface area (Å²) in [6.07, 6.45) is 2.78. The molecule has 0 radical (unpaired) electrons. The lowest BCUT2D eigenvalue weighted by Gasteiger charge is -2.09. The van der Waals surface area contributed by atoms with Gasteiger partial charge in [0.15, 0.2) is 9.84 Å². The number of halogens is 1. The van der Waals surface area contributed by atoms with Crippen LogP contribution in [0, 0.1) is 0 Å². The second-order valence-electron chi connectivity index (χ2n) is 5.66. The number of nitrogens with one attached hydrogen (secondary N) is 1. The SMILES string of the molecule is CS(=O)(=O)c1ccc(NC(=O)c2cccc(-c3ccccn3)c2)c(Cl)c1. The molecule has 7 heteroatoms. The number of aromatic nitrogens is 1. The van der Waals surface area contributed by atoms with Crippen molar-refractivity contribution in [2.45, 2.75) is 4.90 Å². The minimum atomic E-state index is -3.36. The Morgan fingerprint density at radius 1 is 1.04 bits per heavy atom. The Labute approximate surface area is 156 Å². The van der Waals surface area contributed by atoms with Crippen LogP contribution in [-0.4, -0.2) is 25.6 Å². The summed E-state index contributed by atoms with van der Waals surface area (Å²) in [5.41, 5.74) is 2.36. The molecule has 0 spiro atoms. The number of benzene rings is 2. The van der Waals surface area contributed by atoms with Gasteiger partial charge in [0.05, 0.1) is 21.3 Å². The van der Waals surface area contributed by atoms with Crippen LogP contribution in [0.5, 0.6) is 0 Å². The fourth-order valence-electron chi connectivity index (χ4n) is 2.38. The lowest BCUT2D eigenvalue weighted by Crippen LogP contribution is -2.12. The molecule has 0 aliphatic heterocycles. The largest absolute Gasteiger partial charge is 0.321 e. The van der Waals surface area contributed by atoms with Crippen molar-refractivity contribution in [1.82, 2.24) is 4.98 Å². The first-order valence-electron chi connectivity index (χ1n) is 7.67. The number of carbonyl (C=O) groups is 1. The van der Waals surface area contributed by atoms with E-state index in [-0.39, 0.29) is 15.8 Å². The van der Waals surface area contributed by atoms with Gasteiger partial charge in [0.2, 0.25) is 0 Å². The second kappa shape index (κ2) is 7.27. The van der Waals surface area contributed by atoms with Crippen LogP contribution in [0.25, 0.3) is 11.3 Å². The third kappa shape index (κ3) is 4.09. The van der Waals surface area contributed by atoms with Crippen LogP contribution in [0.2, 0.25) is 5.02 Å². The molecule has 26 heavy (non-hydrogen) atoms. The van der Waals surface area contributed by atoms with Crippen LogP contribution < -0.4 is 5.32 Å². The molecule has 1 amide bonds. The van der Waals surface area contributed by atoms with Crippen molar-refractivity contribution in [2.24, 2.45) is 0 Å². The van der Waals surface area contributed by atoms with Crippen molar-refractivity contribution in [3.8, 4) is 11.3 Å². The maximum atomic E-state index is 12.5. The van der Waals surface area contributed by atoms with Crippen LogP contribution in [-0.2, 0) is 9.84 Å². The molecule has 2 aromatic carbocycles. The van der Waals surface area contributed by atoms with Gasteiger partial charge in [-0.1, -0.05) is 29.8 Å². The summed E-state index contributed by atoms with van der Waals surface area (Å²) in [5.74, 6) is -0.350. The smallest absolute Gasteiger partial charge is 0.255 e. The van der Waals surface area contributed by atoms with Gasteiger partial charge in [-0.05, 0) is 42.5 Å². The van der Waals surface area contributed by atoms with Gasteiger partial charge in [0, 0.05) is 23.6 Å². The average Bonchev–Trinajstić information content (AvgIpc) is 2.63. The number of pyridine rings is 1. The van der Waals surface area contributed by atoms with E-state index >= 15 is 0 Å². The minimum absolute atomic E-state index is 0.0950. The van der Waals surface area contributed by atoms with Gasteiger partial charge in [0.25, 0.3) is 5.91 Å². The highest BCUT2D eigenvalue weighted by atomic mass is 35.5. The standard InChI is InChI=1S/C19H15ClN2O3S/c1-26(24,25)15-8-9-18(16(20)12-15)22-19(23)14-6-4-5-13(11-14)17-7-2-3-10-21-17/h2-12H,1H3,(H,22,23). The maximum Gasteiger partial charge on any atom is 0.255 e. The minimum Gasteiger partial charge on any atom is -0.321 e. The molecule has 132 valence electrons. The molecule has 3 rings (SSSR count). The zero-order chi connectivity index (χ0) is 18.7. The first kappa shape index (κ1) is 18.1. The fraction of sp³-hybridized carbons (Fsp3) is 0.0526. The third-order valence-electron chi connectivity index (χ3n) is 3.70. The van der Waals surface area contributed by atoms with Gasteiger partial charge in [-0.15, -0.1) is 0 Å². The van der Waals surface area contributed by atoms with E-state index in [1.54, 1.807) is 24.4 Å². The van der Waals surface area contributed by atoms with Crippen LogP contribution in [0.1, 0.15) is 10.4 Å². The molecule has 1 N–H and O–H groups in total. The van der Waals surface area contributed by atoms with E-state index in [0.717, 1.165) is 17.5 Å². The number of hydrogen-bond acceptors (Lipinski definition) is 4. The van der Waals surface area contributed by atoms with Gasteiger partial charge >= 0.3 is 0 Å². The number of nitrogens with zero attached hydrogens (tertiary/aromatic N) is 1. The van der Waals surface area contributed by atoms with Crippen LogP contribution in [0.15, 0.2) is 71.8 Å². The molecule has 0 saturated carbocycles. The predicted molar refractivity (Wildman–Crippen MR) is 102 cm³/mol. The third-order valence-corrected chi connectivity index (χ3v) is 5.13. The molecule has 1 aromatic heterocycles. The lowest BCUT2D eigenvalue weighted by atomic mass is 10.1. The summed E-state index contributed by atoms with van der Waals surface area (Å²) < 4.78 is 23.1. The Balaban J connectivity index is 1.85. The highest BCUT2D eigenvalue weighted by Gasteiger charge is 2.13. The number of sulfone groups is 1. The van der Waals surface area contributed by atoms with E-state index in [1.807, 2.05) is 24.3 Å². The van der Waals surface area contributed by atoms with Crippen molar-refractivity contribution in [1.29, 1.82) is 0 Å². The Bertz CT molecular complexity index is 1070. The highest BCUT2D eigenvalue weighted by molar-refractivity contribution is 7.90. The molecular formula is C19H15ClN2O3S. The molecule has 0 fully saturated rings. The molecular weight excluding hydrogens is 372 g/mol. The molecule has 0 unspecified atom stereocenters. The average molecular weight is 387 g/mol. The molecule has 0 bridgehead atoms. The van der Waals surface area contributed by atoms with Crippen molar-refractivity contribution in [3.05, 3.63) is 77.4 Å². The lowest BCUT2D eigenvalue weighted by molar-refractivity contribution is 0.102. The molecule has 0 aliphatic rings. The predicted octanol–water partition coefficient (Wildman–Crippen LogP) is 4.06. The summed E-state index contributed by atoms with van der Waals surface area (Å²) >= 11 is 6.10. The molecule has 0 atom stereocenters. The zero-order valence-corrected chi connectivity index (χ0v) is 15.4. The number of carbonyl (C=O) groups excluding carboxylic acids is 1. The van der Waals surface area contributed by atoms with Crippen LogP contribution in [0.3, 0.4) is 0 Å². The Hall–Kier alpha value is -2.70. The number of amides is 1. The topological polar surface area (TPSA) is 76.1 Å². The normalized spacial score (nSPS) is 11.2. The summed E-state index contributed by atoms with van der Waals surface area (Å²) in [5, 5.41) is 2.85. The fourth-order valence-corrected chi connectivity index (χ4v) is 3.32. The van der Waals surface area contributed by atoms with Crippen LogP contribution >= 0.6 is 11.6 Å². The Morgan fingerprint density at radius 2 is 1.85 bits per heavy atom. The number of rotatable bonds is 4. The van der Waals surface area contributed by atoms with Crippen molar-refractivity contribution in [3.63, 3.8) is 0 Å². The van der Waals surface area contributed by atoms with Gasteiger partial charge in [-0.3, -0.25) is 9.78 Å². The Kier molecular flexibility index (Phi) is 5.06. The summed E-state index contributed by atoms with van der Waals surface area (Å²) in [7, 11) is -3.36. The molecule has 3 aromatic rings. The van der Waals surface area contributed by atoms with E-state index in [1.165, 1.54) is 18.2 Å².